The maximum atomic E-state index is 14.3. The lowest BCUT2D eigenvalue weighted by atomic mass is 10.0. The number of aliphatic imine (C=N–C) groups is 1. The fraction of sp³-hybridized carbons (Fsp3) is 0.573. The number of hydrogen-bond donors (Lipinski definition) is 6. The number of carbonyl (C=O) groups is 9. The third kappa shape index (κ3) is 25.4. The van der Waals surface area contributed by atoms with E-state index < -0.39 is 59.3 Å². The SMILES string of the molecule is COc1cc2c(cc1OCCCCCOc1cc3c(cc1OC)C(=O)N1C=C(C)C[C@H]1[C@H](O)N3C(=O)OCc1ccc(NC(=O)[C@H](C)NC(=O)C(NC(=O)CCOCCOCCOCCOCCOCCOCCOCCOCCNC(=O)CCN3C(=O)CC(S)C3=O)C(C)C)cc1)N=C[C@@H]1CC(C)=CN1C2=O. The van der Waals surface area contributed by atoms with Gasteiger partial charge in [-0.1, -0.05) is 37.1 Å². The Morgan fingerprint density at radius 1 is 0.593 bits per heavy atom. The minimum absolute atomic E-state index is 0.0152. The molecule has 6 atom stereocenters. The minimum Gasteiger partial charge on any atom is -0.493 e. The third-order valence-corrected chi connectivity index (χ3v) is 18.2. The van der Waals surface area contributed by atoms with E-state index in [1.165, 1.54) is 38.2 Å². The maximum absolute atomic E-state index is 14.3. The number of likely N-dealkylation sites (tertiary alicyclic amines) is 1. The van der Waals surface area contributed by atoms with Gasteiger partial charge in [-0.2, -0.15) is 12.6 Å². The molecule has 0 aliphatic carbocycles. The van der Waals surface area contributed by atoms with E-state index in [0.29, 0.717) is 159 Å². The van der Waals surface area contributed by atoms with Crippen LogP contribution in [0.15, 0.2) is 77.1 Å². The van der Waals surface area contributed by atoms with Gasteiger partial charge < -0.3 is 97.8 Å². The first kappa shape index (κ1) is 84.8. The van der Waals surface area contributed by atoms with Crippen LogP contribution in [0.1, 0.15) is 112 Å². The van der Waals surface area contributed by atoms with Crippen molar-refractivity contribution in [3.05, 3.63) is 88.8 Å². The molecule has 32 nitrogen and oxygen atoms in total. The fourth-order valence-electron chi connectivity index (χ4n) is 12.0. The van der Waals surface area contributed by atoms with E-state index in [1.807, 2.05) is 20.0 Å². The molecule has 592 valence electrons. The summed E-state index contributed by atoms with van der Waals surface area (Å²) in [6, 6.07) is 9.93. The number of ether oxygens (including phenoxy) is 13. The zero-order valence-corrected chi connectivity index (χ0v) is 63.4. The van der Waals surface area contributed by atoms with Crippen LogP contribution < -0.4 is 45.1 Å². The van der Waals surface area contributed by atoms with Gasteiger partial charge in [0.2, 0.25) is 35.4 Å². The number of imide groups is 1. The second-order valence-electron chi connectivity index (χ2n) is 26.4. The van der Waals surface area contributed by atoms with Gasteiger partial charge in [0, 0.05) is 68.8 Å². The molecule has 9 amide bonds. The number of carbonyl (C=O) groups excluding carboxylic acids is 9. The lowest BCUT2D eigenvalue weighted by Gasteiger charge is -2.31. The van der Waals surface area contributed by atoms with Crippen molar-refractivity contribution in [2.24, 2.45) is 10.9 Å². The first-order valence-corrected chi connectivity index (χ1v) is 37.0. The second-order valence-corrected chi connectivity index (χ2v) is 27.0. The van der Waals surface area contributed by atoms with Gasteiger partial charge in [-0.05, 0) is 88.6 Å². The largest absolute Gasteiger partial charge is 0.493 e. The highest BCUT2D eigenvalue weighted by atomic mass is 32.1. The van der Waals surface area contributed by atoms with Crippen molar-refractivity contribution in [2.75, 3.05) is 156 Å². The van der Waals surface area contributed by atoms with Crippen molar-refractivity contribution in [1.29, 1.82) is 0 Å². The Bertz CT molecular complexity index is 3640. The smallest absolute Gasteiger partial charge is 0.416 e. The van der Waals surface area contributed by atoms with Crippen LogP contribution in [-0.4, -0.2) is 261 Å². The normalized spacial score (nSPS) is 17.8. The van der Waals surface area contributed by atoms with Gasteiger partial charge in [0.25, 0.3) is 11.8 Å². The first-order valence-electron chi connectivity index (χ1n) is 36.4. The molecule has 5 aliphatic heterocycles. The molecule has 0 radical (unpaired) electrons. The van der Waals surface area contributed by atoms with Crippen LogP contribution in [0.25, 0.3) is 0 Å². The molecule has 2 unspecified atom stereocenters. The molecule has 5 aliphatic rings. The highest BCUT2D eigenvalue weighted by molar-refractivity contribution is 7.81. The number of rotatable bonds is 48. The summed E-state index contributed by atoms with van der Waals surface area (Å²) in [4.78, 5) is 127. The van der Waals surface area contributed by atoms with Gasteiger partial charge in [-0.15, -0.1) is 0 Å². The lowest BCUT2D eigenvalue weighted by Crippen LogP contribution is -2.53. The molecule has 8 rings (SSSR count). The number of nitrogens with zero attached hydrogens (tertiary/aromatic N) is 5. The Hall–Kier alpha value is -8.77. The summed E-state index contributed by atoms with van der Waals surface area (Å²) in [6.07, 6.45) is 5.84. The molecule has 0 bridgehead atoms. The monoisotopic (exact) mass is 1530 g/mol. The van der Waals surface area contributed by atoms with Gasteiger partial charge in [0.15, 0.2) is 29.2 Å². The number of methoxy groups -OCH3 is 2. The Morgan fingerprint density at radius 2 is 1.13 bits per heavy atom. The molecule has 1 fully saturated rings. The predicted octanol–water partition coefficient (Wildman–Crippen LogP) is 5.43. The standard InChI is InChI=1S/C75H103N9O23S/c1-48(2)68(80-66(86)16-21-97-23-25-99-27-29-101-31-33-103-35-36-104-34-32-102-30-28-100-26-24-98-22-17-76-65(85)15-18-81-67(87)43-64(108)74(81)93)70(89)78-51(5)69(88)79-53-13-11-52(12-14-53)47-107-75(94)84-58-42-63(61(96-7)40-56(58)72(91)83-46-50(4)38-59(83)73(84)92)106-20-10-8-9-19-105-62-41-57-55(39-60(62)95-6)71(90)82-45-49(3)37-54(82)44-77-57/h11-14,39-42,44-46,48,51,54,59,64,68,73,92,108H,8-10,15-38,43,47H2,1-7H3,(H,76,85)(H,78,89)(H,79,88)(H,80,86)/t51-,54-,59-,64?,68?,73-/m0/s1. The van der Waals surface area contributed by atoms with Crippen molar-refractivity contribution in [3.8, 4) is 23.0 Å². The topological polar surface area (TPSA) is 367 Å². The van der Waals surface area contributed by atoms with Gasteiger partial charge in [-0.3, -0.25) is 48.2 Å². The quantitative estimate of drug-likeness (QED) is 0.0233. The first-order chi connectivity index (χ1) is 52.1. The van der Waals surface area contributed by atoms with Gasteiger partial charge in [0.1, 0.15) is 18.7 Å². The maximum Gasteiger partial charge on any atom is 0.416 e. The van der Waals surface area contributed by atoms with Crippen LogP contribution >= 0.6 is 12.6 Å². The van der Waals surface area contributed by atoms with Gasteiger partial charge in [-0.25, -0.2) is 9.69 Å². The molecule has 0 spiro atoms. The summed E-state index contributed by atoms with van der Waals surface area (Å²) >= 11 is 4.07. The molecule has 5 heterocycles. The van der Waals surface area contributed by atoms with Crippen molar-refractivity contribution >= 4 is 89.3 Å². The van der Waals surface area contributed by atoms with Crippen LogP contribution in [0.3, 0.4) is 0 Å². The summed E-state index contributed by atoms with van der Waals surface area (Å²) in [6.45, 7) is 14.9. The molecule has 0 saturated carbocycles. The van der Waals surface area contributed by atoms with E-state index in [4.69, 9.17) is 61.6 Å². The van der Waals surface area contributed by atoms with Crippen LogP contribution in [0.5, 0.6) is 23.0 Å². The number of unbranched alkanes of at least 4 members (excludes halogenated alkanes) is 2. The summed E-state index contributed by atoms with van der Waals surface area (Å²) in [5.41, 5.74) is 3.91. The molecule has 108 heavy (non-hydrogen) atoms. The van der Waals surface area contributed by atoms with E-state index in [2.05, 4.69) is 38.9 Å². The van der Waals surface area contributed by atoms with Gasteiger partial charge >= 0.3 is 6.09 Å². The summed E-state index contributed by atoms with van der Waals surface area (Å²) in [7, 11) is 2.96. The van der Waals surface area contributed by atoms with Crippen LogP contribution in [-0.2, 0) is 78.0 Å². The molecule has 3 aromatic carbocycles. The fourth-order valence-corrected chi connectivity index (χ4v) is 12.3. The van der Waals surface area contributed by atoms with E-state index in [-0.39, 0.29) is 117 Å². The number of nitrogens with one attached hydrogen (secondary N) is 4. The van der Waals surface area contributed by atoms with Crippen LogP contribution in [0, 0.1) is 5.92 Å². The zero-order valence-electron chi connectivity index (χ0n) is 62.5. The molecule has 33 heteroatoms. The average Bonchev–Trinajstić information content (AvgIpc) is 1.66. The minimum atomic E-state index is -1.53. The number of hydrogen-bond acceptors (Lipinski definition) is 25. The van der Waals surface area contributed by atoms with Gasteiger partial charge in [0.05, 0.1) is 173 Å². The number of aliphatic hydroxyl groups excluding tert-OH is 1. The number of aliphatic hydroxyl groups is 1. The van der Waals surface area contributed by atoms with E-state index in [0.717, 1.165) is 27.4 Å². The third-order valence-electron chi connectivity index (χ3n) is 17.8. The number of amides is 9. The molecule has 3 aromatic rings. The molecule has 0 aromatic heterocycles. The second kappa shape index (κ2) is 44.0. The van der Waals surface area contributed by atoms with Crippen LogP contribution in [0.2, 0.25) is 0 Å². The Balaban J connectivity index is 0.646. The van der Waals surface area contributed by atoms with Crippen molar-refractivity contribution in [2.45, 2.75) is 128 Å². The summed E-state index contributed by atoms with van der Waals surface area (Å²) in [5.74, 6) is -2.03. The van der Waals surface area contributed by atoms with Crippen molar-refractivity contribution < 1.29 is 110 Å². The average molecular weight is 1530 g/mol. The lowest BCUT2D eigenvalue weighted by molar-refractivity contribution is -0.138. The van der Waals surface area contributed by atoms with Crippen LogP contribution in [0.4, 0.5) is 21.9 Å². The highest BCUT2D eigenvalue weighted by Gasteiger charge is 2.45. The van der Waals surface area contributed by atoms with E-state index in [1.54, 1.807) is 67.6 Å². The van der Waals surface area contributed by atoms with E-state index in [9.17, 15) is 48.3 Å². The van der Waals surface area contributed by atoms with E-state index >= 15 is 0 Å². The van der Waals surface area contributed by atoms with Crippen molar-refractivity contribution in [1.82, 2.24) is 30.7 Å². The molecule has 5 N–H and O–H groups in total. The predicted molar refractivity (Wildman–Crippen MR) is 397 cm³/mol. The zero-order chi connectivity index (χ0) is 77.5. The Kier molecular flexibility index (Phi) is 34.6. The van der Waals surface area contributed by atoms with Crippen molar-refractivity contribution in [3.63, 3.8) is 0 Å². The molecular weight excluding hydrogens is 1430 g/mol. The summed E-state index contributed by atoms with van der Waals surface area (Å²) < 4.78 is 73.6. The highest BCUT2D eigenvalue weighted by Crippen LogP contribution is 2.43. The molecular formula is C75H103N9O23S. The number of thiol groups is 1. The molecule has 1 saturated heterocycles. The Morgan fingerprint density at radius 3 is 1.69 bits per heavy atom. The number of fused-ring (bicyclic) bond motifs is 4. The number of anilines is 2. The summed E-state index contributed by atoms with van der Waals surface area (Å²) in [5, 5.41) is 22.2. The number of benzene rings is 3. The Labute approximate surface area is 634 Å².